The van der Waals surface area contributed by atoms with Gasteiger partial charge in [-0.3, -0.25) is 0 Å². The second-order valence-corrected chi connectivity index (χ2v) is 9.82. The Labute approximate surface area is 235 Å². The van der Waals surface area contributed by atoms with Crippen LogP contribution in [-0.2, 0) is 0 Å². The highest BCUT2D eigenvalue weighted by Crippen LogP contribution is 2.44. The smallest absolute Gasteiger partial charge is 0.0320 e. The Kier molecular flexibility index (Phi) is 6.98. The van der Waals surface area contributed by atoms with Crippen LogP contribution >= 0.6 is 0 Å². The minimum Gasteiger partial charge on any atom is -0.399 e. The first-order chi connectivity index (χ1) is 19.7. The van der Waals surface area contributed by atoms with Gasteiger partial charge in [-0.15, -0.1) is 0 Å². The Morgan fingerprint density at radius 1 is 0.350 bits per heavy atom. The number of rotatable bonds is 6. The van der Waals surface area contributed by atoms with E-state index in [0.29, 0.717) is 11.4 Å². The Morgan fingerprint density at radius 2 is 0.700 bits per heavy atom. The predicted molar refractivity (Wildman–Crippen MR) is 170 cm³/mol. The SMILES string of the molecule is Nc1ccc(-c2ccccc2)c(C(=C(c2ccccc2)c2ccccc2)c2cc(N)ccc2-c2ccccc2)c1. The van der Waals surface area contributed by atoms with Gasteiger partial charge >= 0.3 is 0 Å². The largest absolute Gasteiger partial charge is 0.399 e. The van der Waals surface area contributed by atoms with Crippen molar-refractivity contribution in [1.82, 2.24) is 0 Å². The van der Waals surface area contributed by atoms with E-state index in [1.54, 1.807) is 0 Å². The van der Waals surface area contributed by atoms with Crippen LogP contribution in [0.3, 0.4) is 0 Å². The fourth-order valence-electron chi connectivity index (χ4n) is 5.36. The quantitative estimate of drug-likeness (QED) is 0.172. The highest BCUT2D eigenvalue weighted by Gasteiger charge is 2.22. The summed E-state index contributed by atoms with van der Waals surface area (Å²) in [5, 5.41) is 0. The Bertz CT molecular complexity index is 1640. The predicted octanol–water partition coefficient (Wildman–Crippen LogP) is 9.19. The molecule has 0 saturated heterocycles. The van der Waals surface area contributed by atoms with Crippen molar-refractivity contribution in [3.63, 3.8) is 0 Å². The molecule has 0 amide bonds. The van der Waals surface area contributed by atoms with E-state index in [1.165, 1.54) is 0 Å². The molecular weight excluding hydrogens is 484 g/mol. The highest BCUT2D eigenvalue weighted by atomic mass is 14.5. The number of benzene rings is 6. The topological polar surface area (TPSA) is 52.0 Å². The van der Waals surface area contributed by atoms with Gasteiger partial charge in [0, 0.05) is 11.4 Å². The van der Waals surface area contributed by atoms with E-state index < -0.39 is 0 Å². The van der Waals surface area contributed by atoms with Crippen molar-refractivity contribution in [2.75, 3.05) is 11.5 Å². The Morgan fingerprint density at radius 3 is 1.07 bits per heavy atom. The zero-order valence-corrected chi connectivity index (χ0v) is 22.2. The molecule has 0 aromatic heterocycles. The second kappa shape index (κ2) is 11.2. The minimum atomic E-state index is 0.706. The lowest BCUT2D eigenvalue weighted by atomic mass is 9.80. The lowest BCUT2D eigenvalue weighted by Gasteiger charge is -2.23. The molecule has 0 aliphatic heterocycles. The van der Waals surface area contributed by atoms with Crippen LogP contribution in [0.5, 0.6) is 0 Å². The molecule has 6 aromatic rings. The van der Waals surface area contributed by atoms with Crippen LogP contribution in [0.15, 0.2) is 158 Å². The third-order valence-electron chi connectivity index (χ3n) is 7.17. The summed E-state index contributed by atoms with van der Waals surface area (Å²) in [6.45, 7) is 0. The molecule has 0 bridgehead atoms. The van der Waals surface area contributed by atoms with Crippen molar-refractivity contribution >= 4 is 22.5 Å². The molecule has 0 aliphatic carbocycles. The third-order valence-corrected chi connectivity index (χ3v) is 7.17. The molecule has 2 nitrogen and oxygen atoms in total. The first kappa shape index (κ1) is 25.0. The molecule has 2 heteroatoms. The molecule has 40 heavy (non-hydrogen) atoms. The van der Waals surface area contributed by atoms with Gasteiger partial charge in [0.2, 0.25) is 0 Å². The number of anilines is 2. The van der Waals surface area contributed by atoms with Crippen molar-refractivity contribution in [2.45, 2.75) is 0 Å². The minimum absolute atomic E-state index is 0.706. The average Bonchev–Trinajstić information content (AvgIpc) is 3.01. The van der Waals surface area contributed by atoms with E-state index in [4.69, 9.17) is 11.5 Å². The summed E-state index contributed by atoms with van der Waals surface area (Å²) in [4.78, 5) is 0. The first-order valence-electron chi connectivity index (χ1n) is 13.4. The molecule has 192 valence electrons. The fourth-order valence-corrected chi connectivity index (χ4v) is 5.36. The summed E-state index contributed by atoms with van der Waals surface area (Å²) in [6, 6.07) is 54.5. The molecule has 0 spiro atoms. The molecule has 0 saturated carbocycles. The van der Waals surface area contributed by atoms with Crippen LogP contribution in [-0.4, -0.2) is 0 Å². The molecule has 6 aromatic carbocycles. The van der Waals surface area contributed by atoms with Crippen LogP contribution < -0.4 is 11.5 Å². The van der Waals surface area contributed by atoms with Gasteiger partial charge in [-0.05, 0) is 79.9 Å². The van der Waals surface area contributed by atoms with Gasteiger partial charge in [0.25, 0.3) is 0 Å². The molecule has 0 radical (unpaired) electrons. The highest BCUT2D eigenvalue weighted by molar-refractivity contribution is 6.10. The third kappa shape index (κ3) is 5.03. The van der Waals surface area contributed by atoms with Gasteiger partial charge < -0.3 is 11.5 Å². The summed E-state index contributed by atoms with van der Waals surface area (Å²) in [6.07, 6.45) is 0. The van der Waals surface area contributed by atoms with Gasteiger partial charge in [-0.1, -0.05) is 133 Å². The van der Waals surface area contributed by atoms with Crippen molar-refractivity contribution in [2.24, 2.45) is 0 Å². The zero-order chi connectivity index (χ0) is 27.3. The van der Waals surface area contributed by atoms with Gasteiger partial charge in [0.1, 0.15) is 0 Å². The summed E-state index contributed by atoms with van der Waals surface area (Å²) in [7, 11) is 0. The average molecular weight is 515 g/mol. The van der Waals surface area contributed by atoms with Crippen LogP contribution in [0.1, 0.15) is 22.3 Å². The number of hydrogen-bond acceptors (Lipinski definition) is 2. The van der Waals surface area contributed by atoms with E-state index in [1.807, 2.05) is 24.3 Å². The normalized spacial score (nSPS) is 10.7. The number of nitrogen functional groups attached to an aromatic ring is 2. The first-order valence-corrected chi connectivity index (χ1v) is 13.4. The fraction of sp³-hybridized carbons (Fsp3) is 0. The Balaban J connectivity index is 1.81. The van der Waals surface area contributed by atoms with E-state index in [-0.39, 0.29) is 0 Å². The molecule has 4 N–H and O–H groups in total. The molecular formula is C38H30N2. The molecule has 0 atom stereocenters. The van der Waals surface area contributed by atoms with E-state index in [0.717, 1.165) is 55.7 Å². The molecule has 0 aliphatic rings. The number of hydrogen-bond donors (Lipinski definition) is 2. The summed E-state index contributed by atoms with van der Waals surface area (Å²) < 4.78 is 0. The molecule has 6 rings (SSSR count). The van der Waals surface area contributed by atoms with E-state index in [9.17, 15) is 0 Å². The van der Waals surface area contributed by atoms with Crippen LogP contribution in [0.2, 0.25) is 0 Å². The lowest BCUT2D eigenvalue weighted by Crippen LogP contribution is -2.03. The maximum Gasteiger partial charge on any atom is 0.0320 e. The maximum absolute atomic E-state index is 6.53. The Hall–Kier alpha value is -5.34. The van der Waals surface area contributed by atoms with Crippen LogP contribution in [0.25, 0.3) is 33.4 Å². The van der Waals surface area contributed by atoms with Gasteiger partial charge in [-0.25, -0.2) is 0 Å². The summed E-state index contributed by atoms with van der Waals surface area (Å²) in [5.41, 5.74) is 25.5. The van der Waals surface area contributed by atoms with Crippen molar-refractivity contribution in [3.8, 4) is 22.3 Å². The second-order valence-electron chi connectivity index (χ2n) is 9.82. The van der Waals surface area contributed by atoms with E-state index >= 15 is 0 Å². The van der Waals surface area contributed by atoms with E-state index in [2.05, 4.69) is 133 Å². The van der Waals surface area contributed by atoms with Gasteiger partial charge in [-0.2, -0.15) is 0 Å². The molecule has 0 unspecified atom stereocenters. The van der Waals surface area contributed by atoms with Crippen LogP contribution in [0.4, 0.5) is 11.4 Å². The van der Waals surface area contributed by atoms with Crippen LogP contribution in [0, 0.1) is 0 Å². The zero-order valence-electron chi connectivity index (χ0n) is 22.2. The summed E-state index contributed by atoms with van der Waals surface area (Å²) in [5.74, 6) is 0. The molecule has 0 fully saturated rings. The van der Waals surface area contributed by atoms with Gasteiger partial charge in [0.15, 0.2) is 0 Å². The van der Waals surface area contributed by atoms with Gasteiger partial charge in [0.05, 0.1) is 0 Å². The van der Waals surface area contributed by atoms with Crippen molar-refractivity contribution in [3.05, 3.63) is 180 Å². The molecule has 0 heterocycles. The monoisotopic (exact) mass is 514 g/mol. The standard InChI is InChI=1S/C38H30N2/c39-31-21-23-33(27-13-5-1-6-14-27)35(25-31)38(36-26-32(40)22-24-34(36)28-15-7-2-8-16-28)37(29-17-9-3-10-18-29)30-19-11-4-12-20-30/h1-26H,39-40H2. The van der Waals surface area contributed by atoms with Crippen molar-refractivity contribution < 1.29 is 0 Å². The summed E-state index contributed by atoms with van der Waals surface area (Å²) >= 11 is 0. The van der Waals surface area contributed by atoms with Crippen molar-refractivity contribution in [1.29, 1.82) is 0 Å². The maximum atomic E-state index is 6.53. The number of nitrogens with two attached hydrogens (primary N) is 2. The lowest BCUT2D eigenvalue weighted by molar-refractivity contribution is 1.48.